The molecule has 0 radical (unpaired) electrons. The second-order valence-electron chi connectivity index (χ2n) is 4.47. The zero-order valence-electron chi connectivity index (χ0n) is 12.4. The fourth-order valence-electron chi connectivity index (χ4n) is 1.88. The van der Waals surface area contributed by atoms with Crippen molar-refractivity contribution in [3.63, 3.8) is 0 Å². The highest BCUT2D eigenvalue weighted by Gasteiger charge is 2.18. The summed E-state index contributed by atoms with van der Waals surface area (Å²) in [6.45, 7) is 1.33. The summed E-state index contributed by atoms with van der Waals surface area (Å²) in [5.41, 5.74) is 1.18. The van der Waals surface area contributed by atoms with Crippen LogP contribution in [0.25, 0.3) is 0 Å². The van der Waals surface area contributed by atoms with E-state index in [2.05, 4.69) is 11.8 Å². The summed E-state index contributed by atoms with van der Waals surface area (Å²) in [5, 5.41) is 0. The molecular weight excluding hydrogens is 278 g/mol. The number of carbonyl (C=O) groups excluding carboxylic acids is 2. The fraction of sp³-hybridized carbons (Fsp3) is 0.111. The molecule has 0 unspecified atom stereocenters. The average Bonchev–Trinajstić information content (AvgIpc) is 2.54. The van der Waals surface area contributed by atoms with Crippen molar-refractivity contribution >= 4 is 17.5 Å². The van der Waals surface area contributed by atoms with Crippen molar-refractivity contribution in [3.8, 4) is 17.6 Å². The lowest BCUT2D eigenvalue weighted by molar-refractivity contribution is -0.122. The number of hydrogen-bond donors (Lipinski definition) is 0. The molecule has 0 saturated carbocycles. The molecule has 4 nitrogen and oxygen atoms in total. The molecule has 0 N–H and O–H groups in total. The third-order valence-corrected chi connectivity index (χ3v) is 2.94. The van der Waals surface area contributed by atoms with E-state index in [9.17, 15) is 9.59 Å². The molecule has 22 heavy (non-hydrogen) atoms. The summed E-state index contributed by atoms with van der Waals surface area (Å²) >= 11 is 0. The van der Waals surface area contributed by atoms with Gasteiger partial charge < -0.3 is 4.74 Å². The van der Waals surface area contributed by atoms with Crippen molar-refractivity contribution < 1.29 is 14.3 Å². The molecule has 0 heterocycles. The van der Waals surface area contributed by atoms with Gasteiger partial charge in [-0.15, -0.1) is 0 Å². The zero-order valence-corrected chi connectivity index (χ0v) is 12.4. The molecule has 2 aromatic carbocycles. The minimum Gasteiger partial charge on any atom is -0.497 e. The van der Waals surface area contributed by atoms with Gasteiger partial charge in [-0.25, -0.2) is 4.90 Å². The second kappa shape index (κ2) is 7.09. The number of rotatable bonds is 2. The molecule has 0 aliphatic carbocycles. The molecule has 110 valence electrons. The maximum Gasteiger partial charge on any atom is 0.310 e. The maximum atomic E-state index is 12.2. The Labute approximate surface area is 129 Å². The molecule has 0 aliphatic rings. The van der Waals surface area contributed by atoms with Crippen molar-refractivity contribution in [1.82, 2.24) is 0 Å². The van der Waals surface area contributed by atoms with Crippen LogP contribution in [0.3, 0.4) is 0 Å². The van der Waals surface area contributed by atoms with Crippen LogP contribution in [-0.4, -0.2) is 18.9 Å². The van der Waals surface area contributed by atoms with Gasteiger partial charge >= 0.3 is 5.91 Å². The summed E-state index contributed by atoms with van der Waals surface area (Å²) in [6.07, 6.45) is 0. The minimum absolute atomic E-state index is 0.391. The number of nitrogens with zero attached hydrogens (tertiary/aromatic N) is 1. The molecule has 0 bridgehead atoms. The van der Waals surface area contributed by atoms with Crippen LogP contribution in [0.4, 0.5) is 5.69 Å². The Bertz CT molecular complexity index is 724. The molecule has 0 atom stereocenters. The molecule has 0 aromatic heterocycles. The first-order valence-corrected chi connectivity index (χ1v) is 6.67. The van der Waals surface area contributed by atoms with Crippen LogP contribution in [0, 0.1) is 11.8 Å². The van der Waals surface area contributed by atoms with E-state index >= 15 is 0 Å². The van der Waals surface area contributed by atoms with Crippen LogP contribution in [0.5, 0.6) is 5.75 Å². The number of benzene rings is 2. The van der Waals surface area contributed by atoms with E-state index in [1.165, 1.54) is 6.92 Å². The van der Waals surface area contributed by atoms with Gasteiger partial charge in [0.2, 0.25) is 5.91 Å². The van der Waals surface area contributed by atoms with Gasteiger partial charge in [-0.2, -0.15) is 0 Å². The number of anilines is 1. The van der Waals surface area contributed by atoms with Gasteiger partial charge in [0.05, 0.1) is 12.8 Å². The Morgan fingerprint density at radius 1 is 1.00 bits per heavy atom. The molecule has 4 heteroatoms. The predicted molar refractivity (Wildman–Crippen MR) is 84.5 cm³/mol. The van der Waals surface area contributed by atoms with E-state index in [1.54, 1.807) is 43.5 Å². The molecule has 2 amide bonds. The summed E-state index contributed by atoms with van der Waals surface area (Å²) in [5.74, 6) is 4.94. The maximum absolute atomic E-state index is 12.2. The molecule has 0 fully saturated rings. The Morgan fingerprint density at radius 3 is 2.18 bits per heavy atom. The summed E-state index contributed by atoms with van der Waals surface area (Å²) < 4.78 is 5.06. The van der Waals surface area contributed by atoms with E-state index in [0.717, 1.165) is 4.90 Å². The monoisotopic (exact) mass is 293 g/mol. The average molecular weight is 293 g/mol. The standard InChI is InChI=1S/C18H15NO3/c1-14(20)19(16-9-11-17(22-2)12-10-16)18(21)13-8-15-6-4-3-5-7-15/h3-7,9-12H,1-2H3. The molecule has 0 spiro atoms. The van der Waals surface area contributed by atoms with Gasteiger partial charge in [0.1, 0.15) is 5.75 Å². The number of carbonyl (C=O) groups is 2. The normalized spacial score (nSPS) is 9.36. The Balaban J connectivity index is 2.26. The second-order valence-corrected chi connectivity index (χ2v) is 4.47. The van der Waals surface area contributed by atoms with Crippen LogP contribution in [0.2, 0.25) is 0 Å². The van der Waals surface area contributed by atoms with Crippen LogP contribution in [0.1, 0.15) is 12.5 Å². The lowest BCUT2D eigenvalue weighted by atomic mass is 10.2. The zero-order chi connectivity index (χ0) is 15.9. The largest absolute Gasteiger partial charge is 0.497 e. The highest BCUT2D eigenvalue weighted by Crippen LogP contribution is 2.19. The molecule has 0 saturated heterocycles. The summed E-state index contributed by atoms with van der Waals surface area (Å²) in [4.78, 5) is 25.0. The quantitative estimate of drug-likeness (QED) is 0.800. The van der Waals surface area contributed by atoms with E-state index in [0.29, 0.717) is 17.0 Å². The highest BCUT2D eigenvalue weighted by atomic mass is 16.5. The lowest BCUT2D eigenvalue weighted by Gasteiger charge is -2.16. The lowest BCUT2D eigenvalue weighted by Crippen LogP contribution is -2.34. The Kier molecular flexibility index (Phi) is 4.94. The summed E-state index contributed by atoms with van der Waals surface area (Å²) in [7, 11) is 1.55. The number of ether oxygens (including phenoxy) is 1. The van der Waals surface area contributed by atoms with Crippen LogP contribution in [-0.2, 0) is 9.59 Å². The van der Waals surface area contributed by atoms with Gasteiger partial charge in [0.15, 0.2) is 0 Å². The number of amides is 2. The first kappa shape index (κ1) is 15.3. The molecule has 2 rings (SSSR count). The highest BCUT2D eigenvalue weighted by molar-refractivity contribution is 6.20. The third kappa shape index (κ3) is 3.74. The molecular formula is C18H15NO3. The first-order valence-electron chi connectivity index (χ1n) is 6.67. The topological polar surface area (TPSA) is 46.6 Å². The third-order valence-electron chi connectivity index (χ3n) is 2.94. The van der Waals surface area contributed by atoms with Gasteiger partial charge in [-0.1, -0.05) is 24.1 Å². The smallest absolute Gasteiger partial charge is 0.310 e. The fourth-order valence-corrected chi connectivity index (χ4v) is 1.88. The van der Waals surface area contributed by atoms with E-state index in [4.69, 9.17) is 4.74 Å². The van der Waals surface area contributed by atoms with Crippen molar-refractivity contribution in [2.75, 3.05) is 12.0 Å². The predicted octanol–water partition coefficient (Wildman–Crippen LogP) is 2.63. The van der Waals surface area contributed by atoms with Crippen LogP contribution < -0.4 is 9.64 Å². The molecule has 0 aliphatic heterocycles. The van der Waals surface area contributed by atoms with Crippen LogP contribution >= 0.6 is 0 Å². The minimum atomic E-state index is -0.568. The van der Waals surface area contributed by atoms with E-state index in [1.807, 2.05) is 18.2 Å². The van der Waals surface area contributed by atoms with E-state index < -0.39 is 11.8 Å². The van der Waals surface area contributed by atoms with Crippen molar-refractivity contribution in [2.24, 2.45) is 0 Å². The van der Waals surface area contributed by atoms with Crippen molar-refractivity contribution in [1.29, 1.82) is 0 Å². The number of imide groups is 1. The SMILES string of the molecule is COc1ccc(N(C(C)=O)C(=O)C#Cc2ccccc2)cc1. The van der Waals surface area contributed by atoms with Crippen molar-refractivity contribution in [2.45, 2.75) is 6.92 Å². The number of hydrogen-bond acceptors (Lipinski definition) is 3. The Morgan fingerprint density at radius 2 is 1.64 bits per heavy atom. The molecule has 2 aromatic rings. The van der Waals surface area contributed by atoms with Gasteiger partial charge in [-0.3, -0.25) is 9.59 Å². The van der Waals surface area contributed by atoms with Gasteiger partial charge in [0, 0.05) is 18.4 Å². The number of methoxy groups -OCH3 is 1. The van der Waals surface area contributed by atoms with Gasteiger partial charge in [0.25, 0.3) is 0 Å². The first-order chi connectivity index (χ1) is 10.6. The summed E-state index contributed by atoms with van der Waals surface area (Å²) in [6, 6.07) is 15.8. The van der Waals surface area contributed by atoms with Gasteiger partial charge in [-0.05, 0) is 36.4 Å². The van der Waals surface area contributed by atoms with E-state index in [-0.39, 0.29) is 0 Å². The Hall–Kier alpha value is -3.06. The van der Waals surface area contributed by atoms with Crippen LogP contribution in [0.15, 0.2) is 54.6 Å². The van der Waals surface area contributed by atoms with Crippen molar-refractivity contribution in [3.05, 3.63) is 60.2 Å².